The van der Waals surface area contributed by atoms with Gasteiger partial charge in [-0.2, -0.15) is 0 Å². The Hall–Kier alpha value is -1.85. The standard InChI is InChI=1S/C16H21N3OS/c1-11(9-15-7-4-8-21-15)18-16(20)19-14-6-3-5-13(10-14)12(2)17/h3-8,10-12H,9,17H2,1-2H3,(H2,18,19,20). The van der Waals surface area contributed by atoms with Crippen LogP contribution >= 0.6 is 11.3 Å². The van der Waals surface area contributed by atoms with Gasteiger partial charge in [0.2, 0.25) is 0 Å². The molecule has 4 N–H and O–H groups in total. The van der Waals surface area contributed by atoms with Gasteiger partial charge >= 0.3 is 6.03 Å². The third kappa shape index (κ3) is 4.88. The van der Waals surface area contributed by atoms with Gasteiger partial charge in [0.25, 0.3) is 0 Å². The van der Waals surface area contributed by atoms with Gasteiger partial charge in [-0.15, -0.1) is 11.3 Å². The molecular weight excluding hydrogens is 282 g/mol. The molecule has 0 saturated carbocycles. The third-order valence-corrected chi connectivity index (χ3v) is 4.03. The lowest BCUT2D eigenvalue weighted by Gasteiger charge is -2.15. The molecule has 2 amide bonds. The van der Waals surface area contributed by atoms with Crippen LogP contribution in [0.4, 0.5) is 10.5 Å². The number of carbonyl (C=O) groups is 1. The van der Waals surface area contributed by atoms with Gasteiger partial charge in [-0.3, -0.25) is 0 Å². The first kappa shape index (κ1) is 15.5. The predicted octanol–water partition coefficient (Wildman–Crippen LogP) is 3.52. The van der Waals surface area contributed by atoms with E-state index in [1.807, 2.05) is 49.6 Å². The molecule has 112 valence electrons. The minimum atomic E-state index is -0.194. The maximum atomic E-state index is 12.0. The number of hydrogen-bond donors (Lipinski definition) is 3. The van der Waals surface area contributed by atoms with Crippen molar-refractivity contribution < 1.29 is 4.79 Å². The summed E-state index contributed by atoms with van der Waals surface area (Å²) in [5.41, 5.74) is 7.60. The summed E-state index contributed by atoms with van der Waals surface area (Å²) in [7, 11) is 0. The van der Waals surface area contributed by atoms with Crippen LogP contribution in [0, 0.1) is 0 Å². The summed E-state index contributed by atoms with van der Waals surface area (Å²) >= 11 is 1.70. The molecule has 21 heavy (non-hydrogen) atoms. The molecule has 4 nitrogen and oxygen atoms in total. The van der Waals surface area contributed by atoms with E-state index in [4.69, 9.17) is 5.73 Å². The number of hydrogen-bond acceptors (Lipinski definition) is 3. The molecule has 5 heteroatoms. The number of urea groups is 1. The Morgan fingerprint density at radius 1 is 1.29 bits per heavy atom. The van der Waals surface area contributed by atoms with Crippen LogP contribution in [0.15, 0.2) is 41.8 Å². The van der Waals surface area contributed by atoms with Crippen LogP contribution in [0.25, 0.3) is 0 Å². The molecule has 0 saturated heterocycles. The molecule has 2 rings (SSSR count). The minimum Gasteiger partial charge on any atom is -0.335 e. The van der Waals surface area contributed by atoms with Gasteiger partial charge in [0, 0.05) is 29.1 Å². The number of nitrogens with two attached hydrogens (primary N) is 1. The van der Waals surface area contributed by atoms with E-state index in [0.717, 1.165) is 17.7 Å². The van der Waals surface area contributed by atoms with Crippen molar-refractivity contribution in [2.24, 2.45) is 5.73 Å². The minimum absolute atomic E-state index is 0.0486. The summed E-state index contributed by atoms with van der Waals surface area (Å²) in [6, 6.07) is 11.5. The number of nitrogens with one attached hydrogen (secondary N) is 2. The van der Waals surface area contributed by atoms with Crippen molar-refractivity contribution in [3.63, 3.8) is 0 Å². The van der Waals surface area contributed by atoms with E-state index in [2.05, 4.69) is 16.7 Å². The summed E-state index contributed by atoms with van der Waals surface area (Å²) in [6.45, 7) is 3.92. The van der Waals surface area contributed by atoms with E-state index in [9.17, 15) is 4.79 Å². The molecule has 1 aromatic heterocycles. The molecule has 0 fully saturated rings. The number of amides is 2. The van der Waals surface area contributed by atoms with Crippen molar-refractivity contribution in [1.82, 2.24) is 5.32 Å². The Labute approximate surface area is 129 Å². The summed E-state index contributed by atoms with van der Waals surface area (Å²) < 4.78 is 0. The smallest absolute Gasteiger partial charge is 0.319 e. The van der Waals surface area contributed by atoms with Crippen molar-refractivity contribution in [3.05, 3.63) is 52.2 Å². The molecule has 0 aliphatic heterocycles. The third-order valence-electron chi connectivity index (χ3n) is 3.14. The van der Waals surface area contributed by atoms with E-state index in [0.29, 0.717) is 0 Å². The monoisotopic (exact) mass is 303 g/mol. The number of anilines is 1. The first-order valence-electron chi connectivity index (χ1n) is 7.00. The Morgan fingerprint density at radius 2 is 2.10 bits per heavy atom. The first-order chi connectivity index (χ1) is 10.0. The van der Waals surface area contributed by atoms with Crippen LogP contribution in [0.2, 0.25) is 0 Å². The van der Waals surface area contributed by atoms with Gasteiger partial charge in [-0.25, -0.2) is 4.79 Å². The van der Waals surface area contributed by atoms with Gasteiger partial charge in [-0.1, -0.05) is 18.2 Å². The number of carbonyl (C=O) groups excluding carboxylic acids is 1. The average Bonchev–Trinajstić information content (AvgIpc) is 2.91. The largest absolute Gasteiger partial charge is 0.335 e. The highest BCUT2D eigenvalue weighted by Gasteiger charge is 2.09. The van der Waals surface area contributed by atoms with Crippen molar-refractivity contribution in [2.45, 2.75) is 32.4 Å². The lowest BCUT2D eigenvalue weighted by molar-refractivity contribution is 0.249. The van der Waals surface area contributed by atoms with Crippen molar-refractivity contribution in [2.75, 3.05) is 5.32 Å². The first-order valence-corrected chi connectivity index (χ1v) is 7.88. The van der Waals surface area contributed by atoms with Crippen LogP contribution in [0.3, 0.4) is 0 Å². The van der Waals surface area contributed by atoms with E-state index in [1.165, 1.54) is 4.88 Å². The Balaban J connectivity index is 1.88. The van der Waals surface area contributed by atoms with Crippen molar-refractivity contribution in [1.29, 1.82) is 0 Å². The zero-order valence-corrected chi connectivity index (χ0v) is 13.1. The Morgan fingerprint density at radius 3 is 2.76 bits per heavy atom. The fraction of sp³-hybridized carbons (Fsp3) is 0.312. The predicted molar refractivity (Wildman–Crippen MR) is 88.7 cm³/mol. The molecule has 1 heterocycles. The van der Waals surface area contributed by atoms with Gasteiger partial charge in [0.1, 0.15) is 0 Å². The zero-order chi connectivity index (χ0) is 15.2. The van der Waals surface area contributed by atoms with E-state index in [1.54, 1.807) is 11.3 Å². The molecular formula is C16H21N3OS. The van der Waals surface area contributed by atoms with Gasteiger partial charge in [0.15, 0.2) is 0 Å². The topological polar surface area (TPSA) is 67.2 Å². The zero-order valence-electron chi connectivity index (χ0n) is 12.3. The normalized spacial score (nSPS) is 13.5. The average molecular weight is 303 g/mol. The lowest BCUT2D eigenvalue weighted by atomic mass is 10.1. The molecule has 2 aromatic rings. The quantitative estimate of drug-likeness (QED) is 0.791. The van der Waals surface area contributed by atoms with Crippen molar-refractivity contribution in [3.8, 4) is 0 Å². The number of rotatable bonds is 5. The fourth-order valence-corrected chi connectivity index (χ4v) is 2.91. The summed E-state index contributed by atoms with van der Waals surface area (Å²) in [6.07, 6.45) is 0.838. The second-order valence-corrected chi connectivity index (χ2v) is 6.23. The van der Waals surface area contributed by atoms with Gasteiger partial charge in [0.05, 0.1) is 0 Å². The van der Waals surface area contributed by atoms with Crippen LogP contribution in [0.1, 0.15) is 30.3 Å². The maximum Gasteiger partial charge on any atom is 0.319 e. The Kier molecular flexibility index (Phi) is 5.36. The van der Waals surface area contributed by atoms with Crippen LogP contribution in [0.5, 0.6) is 0 Å². The summed E-state index contributed by atoms with van der Waals surface area (Å²) in [4.78, 5) is 13.2. The second kappa shape index (κ2) is 7.24. The lowest BCUT2D eigenvalue weighted by Crippen LogP contribution is -2.37. The highest BCUT2D eigenvalue weighted by Crippen LogP contribution is 2.15. The summed E-state index contributed by atoms with van der Waals surface area (Å²) in [5.74, 6) is 0. The molecule has 0 aliphatic rings. The van der Waals surface area contributed by atoms with E-state index >= 15 is 0 Å². The molecule has 0 spiro atoms. The summed E-state index contributed by atoms with van der Waals surface area (Å²) in [5, 5.41) is 7.83. The molecule has 2 unspecified atom stereocenters. The molecule has 0 aliphatic carbocycles. The van der Waals surface area contributed by atoms with Crippen LogP contribution in [-0.4, -0.2) is 12.1 Å². The highest BCUT2D eigenvalue weighted by molar-refractivity contribution is 7.09. The van der Waals surface area contributed by atoms with Gasteiger partial charge in [-0.05, 0) is 43.0 Å². The SMILES string of the molecule is CC(Cc1cccs1)NC(=O)Nc1cccc(C(C)N)c1. The van der Waals surface area contributed by atoms with Crippen molar-refractivity contribution >= 4 is 23.1 Å². The van der Waals surface area contributed by atoms with E-state index in [-0.39, 0.29) is 18.1 Å². The molecule has 1 aromatic carbocycles. The Bertz CT molecular complexity index is 581. The number of thiophene rings is 1. The fourth-order valence-electron chi connectivity index (χ4n) is 2.07. The molecule has 0 radical (unpaired) electrons. The maximum absolute atomic E-state index is 12.0. The van der Waals surface area contributed by atoms with Gasteiger partial charge < -0.3 is 16.4 Å². The second-order valence-electron chi connectivity index (χ2n) is 5.20. The van der Waals surface area contributed by atoms with Crippen LogP contribution < -0.4 is 16.4 Å². The highest BCUT2D eigenvalue weighted by atomic mass is 32.1. The molecule has 0 bridgehead atoms. The van der Waals surface area contributed by atoms with Crippen LogP contribution in [-0.2, 0) is 6.42 Å². The van der Waals surface area contributed by atoms with E-state index < -0.39 is 0 Å². The molecule has 2 atom stereocenters. The number of benzene rings is 1.